The largest absolute Gasteiger partial charge is 0.396 e. The van der Waals surface area contributed by atoms with Crippen molar-refractivity contribution in [1.82, 2.24) is 10.6 Å². The van der Waals surface area contributed by atoms with Crippen LogP contribution in [0.15, 0.2) is 46.5 Å². The zero-order chi connectivity index (χ0) is 36.3. The summed E-state index contributed by atoms with van der Waals surface area (Å²) in [6, 6.07) is 6.45. The van der Waals surface area contributed by atoms with Crippen LogP contribution in [0, 0.1) is 52.3 Å². The fraction of sp³-hybridized carbons (Fsp3) is 0.700. The highest BCUT2D eigenvalue weighted by molar-refractivity contribution is 8.77. The molecule has 8 rings (SSSR count). The van der Waals surface area contributed by atoms with Crippen molar-refractivity contribution < 1.29 is 20.1 Å². The first-order chi connectivity index (χ1) is 25.2. The summed E-state index contributed by atoms with van der Waals surface area (Å²) in [6.07, 6.45) is 10.0. The Bertz CT molecular complexity index is 1640. The van der Waals surface area contributed by atoms with Crippen molar-refractivity contribution in [1.29, 1.82) is 0 Å². The highest BCUT2D eigenvalue weighted by Gasteiger charge is 2.71. The number of Topliss-reactive ketones (excluding diaryl/α,β-unsaturated/α-hetero) is 1. The first kappa shape index (κ1) is 37.8. The Morgan fingerprint density at radius 1 is 1.08 bits per heavy atom. The number of nitrogens with zero attached hydrogens (tertiary/aromatic N) is 1. The van der Waals surface area contributed by atoms with Gasteiger partial charge >= 0.3 is 0 Å². The minimum atomic E-state index is -0.379. The van der Waals surface area contributed by atoms with Crippen molar-refractivity contribution in [2.24, 2.45) is 63.0 Å². The Hall–Kier alpha value is -1.12. The lowest BCUT2D eigenvalue weighted by atomic mass is 9.46. The number of aliphatic imine (C=N–C) groups is 1. The first-order valence-electron chi connectivity index (χ1n) is 19.4. The van der Waals surface area contributed by atoms with E-state index in [1.54, 1.807) is 0 Å². The van der Waals surface area contributed by atoms with Gasteiger partial charge in [-0.15, -0.1) is 0 Å². The molecule has 52 heavy (non-hydrogen) atoms. The van der Waals surface area contributed by atoms with Gasteiger partial charge in [0.05, 0.1) is 12.1 Å². The van der Waals surface area contributed by atoms with Crippen LogP contribution in [0.3, 0.4) is 0 Å². The molecule has 7 aliphatic rings. The average Bonchev–Trinajstić information content (AvgIpc) is 3.47. The van der Waals surface area contributed by atoms with Gasteiger partial charge in [0, 0.05) is 78.9 Å². The van der Waals surface area contributed by atoms with Gasteiger partial charge in [0.1, 0.15) is 0 Å². The number of aliphatic hydroxyl groups excluding tert-OH is 3. The number of aliphatic hydroxyl groups is 3. The van der Waals surface area contributed by atoms with E-state index in [1.807, 2.05) is 50.2 Å². The minimum absolute atomic E-state index is 0.0130. The molecule has 1 aromatic rings. The predicted molar refractivity (Wildman–Crippen MR) is 218 cm³/mol. The van der Waals surface area contributed by atoms with Crippen molar-refractivity contribution in [3.8, 4) is 0 Å². The van der Waals surface area contributed by atoms with E-state index in [0.29, 0.717) is 30.6 Å². The van der Waals surface area contributed by atoms with E-state index in [0.717, 1.165) is 78.4 Å². The predicted octanol–water partition coefficient (Wildman–Crippen LogP) is 5.54. The minimum Gasteiger partial charge on any atom is -0.396 e. The number of hydrogen-bond acceptors (Lipinski definition) is 12. The van der Waals surface area contributed by atoms with E-state index in [2.05, 4.69) is 47.9 Å². The smallest absolute Gasteiger partial charge is 0.189 e. The average molecular weight is 785 g/mol. The summed E-state index contributed by atoms with van der Waals surface area (Å²) in [7, 11) is 9.72. The van der Waals surface area contributed by atoms with Gasteiger partial charge in [-0.2, -0.15) is 0 Å². The van der Waals surface area contributed by atoms with E-state index in [9.17, 15) is 20.1 Å². The normalized spacial score (nSPS) is 41.4. The topological polar surface area (TPSA) is 140 Å². The third-order valence-corrected chi connectivity index (χ3v) is 19.9. The summed E-state index contributed by atoms with van der Waals surface area (Å²) in [4.78, 5) is 19.7. The molecule has 0 radical (unpaired) electrons. The van der Waals surface area contributed by atoms with Crippen molar-refractivity contribution in [2.45, 2.75) is 70.1 Å². The zero-order valence-corrected chi connectivity index (χ0v) is 33.8. The summed E-state index contributed by atoms with van der Waals surface area (Å²) in [5, 5.41) is 39.0. The molecule has 12 heteroatoms. The number of ketones is 1. The van der Waals surface area contributed by atoms with E-state index in [-0.39, 0.29) is 77.6 Å². The number of guanidine groups is 1. The highest BCUT2D eigenvalue weighted by Crippen LogP contribution is 2.77. The summed E-state index contributed by atoms with van der Waals surface area (Å²) >= 11 is 0. The summed E-state index contributed by atoms with van der Waals surface area (Å²) in [6.45, 7) is 4.17. The summed E-state index contributed by atoms with van der Waals surface area (Å²) in [5.74, 6) is 6.03. The molecule has 11 unspecified atom stereocenters. The van der Waals surface area contributed by atoms with Crippen LogP contribution in [-0.2, 0) is 17.9 Å². The maximum absolute atomic E-state index is 14.9. The van der Waals surface area contributed by atoms with Crippen LogP contribution in [0.1, 0.15) is 68.1 Å². The number of hydrogen-bond donors (Lipinski definition) is 6. The lowest BCUT2D eigenvalue weighted by Crippen LogP contribution is -2.67. The quantitative estimate of drug-likeness (QED) is 0.154. The van der Waals surface area contributed by atoms with Gasteiger partial charge in [0.2, 0.25) is 0 Å². The van der Waals surface area contributed by atoms with Crippen LogP contribution in [0.25, 0.3) is 0 Å². The lowest BCUT2D eigenvalue weighted by Gasteiger charge is -2.58. The van der Waals surface area contributed by atoms with E-state index >= 15 is 0 Å². The molecular formula is C40H56N4O4S4. The fourth-order valence-electron chi connectivity index (χ4n) is 12.6. The number of nitrogens with two attached hydrogens (primary N) is 1. The van der Waals surface area contributed by atoms with E-state index < -0.39 is 0 Å². The van der Waals surface area contributed by atoms with Gasteiger partial charge in [-0.05, 0) is 96.4 Å². The Morgan fingerprint density at radius 2 is 1.92 bits per heavy atom. The third kappa shape index (κ3) is 5.89. The van der Waals surface area contributed by atoms with Crippen molar-refractivity contribution in [2.75, 3.05) is 49.8 Å². The number of benzene rings is 1. The van der Waals surface area contributed by atoms with Crippen molar-refractivity contribution >= 4 is 54.9 Å². The first-order valence-corrected chi connectivity index (χ1v) is 24.3. The van der Waals surface area contributed by atoms with Crippen LogP contribution >= 0.6 is 43.2 Å². The highest BCUT2D eigenvalue weighted by atomic mass is 33.1. The Kier molecular flexibility index (Phi) is 11.0. The maximum atomic E-state index is 14.9. The number of carbonyl (C=O) groups excluding carboxylic acids is 1. The molecule has 0 aromatic heterocycles. The number of nitrogens with one attached hydrogen (secondary N) is 2. The molecule has 1 aromatic carbocycles. The maximum Gasteiger partial charge on any atom is 0.189 e. The Morgan fingerprint density at radius 3 is 2.71 bits per heavy atom. The van der Waals surface area contributed by atoms with Gasteiger partial charge in [0.25, 0.3) is 0 Å². The molecule has 8 nitrogen and oxygen atoms in total. The second-order valence-corrected chi connectivity index (χ2v) is 22.0. The number of carbonyl (C=O) groups is 1. The van der Waals surface area contributed by atoms with Crippen molar-refractivity contribution in [3.05, 3.63) is 58.2 Å². The molecule has 0 saturated heterocycles. The SMILES string of the molecule is CNCc1ccc(CO)c(C2C=CC3CC4CSSCC(CCO)C5C(CO)CC6CC7=C4C(=O)CC75C6(C)CCSSCC34NC(N)=NCC24)c1. The van der Waals surface area contributed by atoms with E-state index in [1.165, 1.54) is 11.1 Å². The molecule has 7 N–H and O–H groups in total. The van der Waals surface area contributed by atoms with Crippen LogP contribution in [0.4, 0.5) is 0 Å². The second kappa shape index (κ2) is 15.1. The van der Waals surface area contributed by atoms with Gasteiger partial charge in [-0.3, -0.25) is 9.79 Å². The second-order valence-electron chi connectivity index (χ2n) is 16.8. The molecule has 2 fully saturated rings. The Balaban J connectivity index is 1.27. The molecule has 2 spiro atoms. The molecule has 284 valence electrons. The molecule has 2 saturated carbocycles. The molecule has 6 bridgehead atoms. The number of allylic oxidation sites excluding steroid dienone is 3. The molecule has 11 atom stereocenters. The van der Waals surface area contributed by atoms with Crippen LogP contribution < -0.4 is 16.4 Å². The van der Waals surface area contributed by atoms with Crippen molar-refractivity contribution in [3.63, 3.8) is 0 Å². The van der Waals surface area contributed by atoms with Crippen LogP contribution in [-0.4, -0.2) is 82.4 Å². The number of rotatable bonds is 7. The van der Waals surface area contributed by atoms with Gasteiger partial charge < -0.3 is 31.7 Å². The van der Waals surface area contributed by atoms with Crippen LogP contribution in [0.5, 0.6) is 0 Å². The van der Waals surface area contributed by atoms with Crippen LogP contribution in [0.2, 0.25) is 0 Å². The third-order valence-electron chi connectivity index (χ3n) is 14.8. The standard InChI is InChI=1S/C40H56N4O4S4/c1-38-8-10-49-52-22-40-28(5-6-30(33(40)17-43-37(41)44-40)31-11-23(16-42-2)3-4-24(31)18-46)13-27-21-51-50-20-25(7-9-45)36-26(19-47)12-29(38)14-32-35(27)34(48)15-39(32,36)38/h3-6,11,25-30,33,36,42,45-47H,7-10,12-22H2,1-2H3,(H3,41,43,44). The Labute approximate surface area is 325 Å². The fourth-order valence-corrected chi connectivity index (χ4v) is 18.2. The molecule has 3 aliphatic heterocycles. The molecule has 4 aliphatic carbocycles. The molecule has 0 amide bonds. The lowest BCUT2D eigenvalue weighted by molar-refractivity contribution is -0.129. The van der Waals surface area contributed by atoms with Gasteiger partial charge in [-0.1, -0.05) is 86.0 Å². The summed E-state index contributed by atoms with van der Waals surface area (Å²) in [5.41, 5.74) is 11.9. The zero-order valence-electron chi connectivity index (χ0n) is 30.5. The van der Waals surface area contributed by atoms with E-state index in [4.69, 9.17) is 10.7 Å². The monoisotopic (exact) mass is 784 g/mol. The summed E-state index contributed by atoms with van der Waals surface area (Å²) < 4.78 is 0. The van der Waals surface area contributed by atoms with Gasteiger partial charge in [-0.25, -0.2) is 0 Å². The molecule has 3 heterocycles. The molecular weight excluding hydrogens is 729 g/mol. The van der Waals surface area contributed by atoms with Gasteiger partial charge in [0.15, 0.2) is 11.7 Å².